The second-order valence-electron chi connectivity index (χ2n) is 4.48. The summed E-state index contributed by atoms with van der Waals surface area (Å²) < 4.78 is 0. The van der Waals surface area contributed by atoms with Gasteiger partial charge in [0.25, 0.3) is 0 Å². The predicted octanol–water partition coefficient (Wildman–Crippen LogP) is 2.05. The Morgan fingerprint density at radius 2 is 1.60 bits per heavy atom. The minimum absolute atomic E-state index is 0.410. The molecule has 3 nitrogen and oxygen atoms in total. The van der Waals surface area contributed by atoms with E-state index in [1.807, 2.05) is 60.7 Å². The number of nitrogens with two attached hydrogens (primary N) is 1. The summed E-state index contributed by atoms with van der Waals surface area (Å²) in [6.45, 7) is 0. The zero-order chi connectivity index (χ0) is 14.4. The second kappa shape index (κ2) is 6.82. The van der Waals surface area contributed by atoms with Crippen molar-refractivity contribution in [2.24, 2.45) is 5.73 Å². The lowest BCUT2D eigenvalue weighted by Crippen LogP contribution is -2.45. The van der Waals surface area contributed by atoms with Crippen molar-refractivity contribution >= 4 is 23.1 Å². The number of primary amides is 1. The van der Waals surface area contributed by atoms with Crippen molar-refractivity contribution in [3.8, 4) is 0 Å². The first-order valence-corrected chi connectivity index (χ1v) is 6.77. The third-order valence-corrected chi connectivity index (χ3v) is 3.32. The summed E-state index contributed by atoms with van der Waals surface area (Å²) in [6, 6.07) is 18.7. The van der Waals surface area contributed by atoms with Crippen LogP contribution in [-0.2, 0) is 11.2 Å². The van der Waals surface area contributed by atoms with Gasteiger partial charge in [-0.25, -0.2) is 0 Å². The largest absolute Gasteiger partial charge is 0.368 e. The average molecular weight is 284 g/mol. The number of carbonyl (C=O) groups excluding carboxylic acids is 1. The molecule has 0 heterocycles. The van der Waals surface area contributed by atoms with Gasteiger partial charge in [0.1, 0.15) is 11.0 Å². The van der Waals surface area contributed by atoms with E-state index in [-0.39, 0.29) is 0 Å². The molecule has 0 bridgehead atoms. The van der Waals surface area contributed by atoms with E-state index in [2.05, 4.69) is 5.32 Å². The normalized spacial score (nSPS) is 11.6. The van der Waals surface area contributed by atoms with Crippen molar-refractivity contribution in [2.45, 2.75) is 12.5 Å². The molecule has 2 rings (SSSR count). The minimum atomic E-state index is -0.509. The van der Waals surface area contributed by atoms with E-state index in [4.69, 9.17) is 18.0 Å². The third kappa shape index (κ3) is 3.90. The number of nitrogens with one attached hydrogen (secondary N) is 1. The molecule has 2 aromatic carbocycles. The third-order valence-electron chi connectivity index (χ3n) is 2.97. The van der Waals surface area contributed by atoms with Crippen molar-refractivity contribution in [3.05, 3.63) is 71.8 Å². The van der Waals surface area contributed by atoms with Crippen LogP contribution in [0.1, 0.15) is 11.1 Å². The Kier molecular flexibility index (Phi) is 4.85. The van der Waals surface area contributed by atoms with Crippen LogP contribution in [0, 0.1) is 0 Å². The van der Waals surface area contributed by atoms with Gasteiger partial charge in [0.15, 0.2) is 0 Å². The van der Waals surface area contributed by atoms with Crippen molar-refractivity contribution in [3.63, 3.8) is 0 Å². The molecule has 0 radical (unpaired) electrons. The van der Waals surface area contributed by atoms with Gasteiger partial charge in [-0.15, -0.1) is 0 Å². The van der Waals surface area contributed by atoms with Gasteiger partial charge in [0.2, 0.25) is 5.91 Å². The number of hydrogen-bond donors (Lipinski definition) is 2. The van der Waals surface area contributed by atoms with Gasteiger partial charge < -0.3 is 11.1 Å². The Labute approximate surface area is 123 Å². The van der Waals surface area contributed by atoms with Crippen LogP contribution < -0.4 is 11.1 Å². The summed E-state index contributed by atoms with van der Waals surface area (Å²) >= 11 is 5.31. The van der Waals surface area contributed by atoms with Gasteiger partial charge in [0, 0.05) is 12.0 Å². The lowest BCUT2D eigenvalue weighted by atomic mass is 10.1. The van der Waals surface area contributed by atoms with Crippen molar-refractivity contribution in [1.29, 1.82) is 0 Å². The predicted molar refractivity (Wildman–Crippen MR) is 84.4 cm³/mol. The average Bonchev–Trinajstić information content (AvgIpc) is 2.48. The molecular formula is C16H16N2OS. The minimum Gasteiger partial charge on any atom is -0.368 e. The first kappa shape index (κ1) is 14.2. The number of rotatable bonds is 5. The number of benzene rings is 2. The zero-order valence-corrected chi connectivity index (χ0v) is 11.8. The molecule has 1 amide bonds. The van der Waals surface area contributed by atoms with E-state index in [1.54, 1.807) is 0 Å². The van der Waals surface area contributed by atoms with E-state index < -0.39 is 11.9 Å². The van der Waals surface area contributed by atoms with Crippen molar-refractivity contribution < 1.29 is 4.79 Å². The lowest BCUT2D eigenvalue weighted by molar-refractivity contribution is -0.119. The summed E-state index contributed by atoms with van der Waals surface area (Å²) in [6.07, 6.45) is 0.517. The fraction of sp³-hybridized carbons (Fsp3) is 0.125. The van der Waals surface area contributed by atoms with E-state index in [1.165, 1.54) is 0 Å². The maximum Gasteiger partial charge on any atom is 0.240 e. The summed E-state index contributed by atoms with van der Waals surface area (Å²) in [5, 5.41) is 3.04. The van der Waals surface area contributed by atoms with Gasteiger partial charge in [-0.05, 0) is 5.56 Å². The maximum absolute atomic E-state index is 11.6. The Bertz CT molecular complexity index is 584. The molecule has 0 fully saturated rings. The molecule has 3 N–H and O–H groups in total. The Hall–Kier alpha value is -2.20. The lowest BCUT2D eigenvalue weighted by Gasteiger charge is -2.17. The Morgan fingerprint density at radius 3 is 2.15 bits per heavy atom. The van der Waals surface area contributed by atoms with Gasteiger partial charge in [0.05, 0.1) is 0 Å². The highest BCUT2D eigenvalue weighted by molar-refractivity contribution is 7.80. The van der Waals surface area contributed by atoms with Gasteiger partial charge in [-0.1, -0.05) is 72.9 Å². The van der Waals surface area contributed by atoms with Crippen LogP contribution in [0.3, 0.4) is 0 Å². The van der Waals surface area contributed by atoms with Crippen LogP contribution in [0.4, 0.5) is 0 Å². The van der Waals surface area contributed by atoms with E-state index >= 15 is 0 Å². The van der Waals surface area contributed by atoms with Gasteiger partial charge in [-0.2, -0.15) is 0 Å². The van der Waals surface area contributed by atoms with Crippen LogP contribution in [0.15, 0.2) is 60.7 Å². The van der Waals surface area contributed by atoms with Crippen LogP contribution in [0.5, 0.6) is 0 Å². The summed E-state index contributed by atoms with van der Waals surface area (Å²) in [5.41, 5.74) is 7.37. The van der Waals surface area contributed by atoms with Gasteiger partial charge >= 0.3 is 0 Å². The Balaban J connectivity index is 2.07. The van der Waals surface area contributed by atoms with E-state index in [0.29, 0.717) is 11.4 Å². The number of hydrogen-bond acceptors (Lipinski definition) is 2. The molecule has 0 spiro atoms. The standard InChI is InChI=1S/C16H16N2OS/c17-15(19)14(11-12-7-3-1-4-8-12)18-16(20)13-9-5-2-6-10-13/h1-10,14H,11H2,(H2,17,19)(H,18,20). The molecule has 0 aromatic heterocycles. The molecule has 0 aliphatic rings. The first-order valence-electron chi connectivity index (χ1n) is 6.36. The fourth-order valence-corrected chi connectivity index (χ4v) is 2.18. The van der Waals surface area contributed by atoms with Crippen LogP contribution in [-0.4, -0.2) is 16.9 Å². The molecule has 0 saturated heterocycles. The molecule has 2 aromatic rings. The molecule has 1 unspecified atom stereocenters. The summed E-state index contributed by atoms with van der Waals surface area (Å²) in [7, 11) is 0. The van der Waals surface area contributed by atoms with E-state index in [0.717, 1.165) is 11.1 Å². The van der Waals surface area contributed by atoms with Crippen LogP contribution in [0.25, 0.3) is 0 Å². The quantitative estimate of drug-likeness (QED) is 0.826. The Morgan fingerprint density at radius 1 is 1.05 bits per heavy atom. The molecule has 20 heavy (non-hydrogen) atoms. The molecule has 4 heteroatoms. The summed E-state index contributed by atoms with van der Waals surface area (Å²) in [5.74, 6) is -0.410. The fourth-order valence-electron chi connectivity index (χ4n) is 1.90. The highest BCUT2D eigenvalue weighted by atomic mass is 32.1. The topological polar surface area (TPSA) is 55.1 Å². The smallest absolute Gasteiger partial charge is 0.240 e. The molecular weight excluding hydrogens is 268 g/mol. The molecule has 102 valence electrons. The van der Waals surface area contributed by atoms with Crippen molar-refractivity contribution in [1.82, 2.24) is 5.32 Å². The monoisotopic (exact) mass is 284 g/mol. The molecule has 0 saturated carbocycles. The first-order chi connectivity index (χ1) is 9.66. The second-order valence-corrected chi connectivity index (χ2v) is 4.89. The van der Waals surface area contributed by atoms with Gasteiger partial charge in [-0.3, -0.25) is 4.79 Å². The van der Waals surface area contributed by atoms with Crippen LogP contribution >= 0.6 is 12.2 Å². The van der Waals surface area contributed by atoms with Crippen molar-refractivity contribution in [2.75, 3.05) is 0 Å². The molecule has 0 aliphatic carbocycles. The maximum atomic E-state index is 11.6. The number of thiocarbonyl (C=S) groups is 1. The summed E-state index contributed by atoms with van der Waals surface area (Å²) in [4.78, 5) is 12.1. The number of amides is 1. The number of carbonyl (C=O) groups is 1. The molecule has 1 atom stereocenters. The zero-order valence-electron chi connectivity index (χ0n) is 11.0. The van der Waals surface area contributed by atoms with E-state index in [9.17, 15) is 4.79 Å². The molecule has 0 aliphatic heterocycles. The highest BCUT2D eigenvalue weighted by Crippen LogP contribution is 2.05. The SMILES string of the molecule is NC(=O)C(Cc1ccccc1)NC(=S)c1ccccc1. The van der Waals surface area contributed by atoms with Crippen LogP contribution in [0.2, 0.25) is 0 Å². The highest BCUT2D eigenvalue weighted by Gasteiger charge is 2.17.